The van der Waals surface area contributed by atoms with Crippen LogP contribution in [-0.4, -0.2) is 18.5 Å². The van der Waals surface area contributed by atoms with Gasteiger partial charge in [0, 0.05) is 13.5 Å². The summed E-state index contributed by atoms with van der Waals surface area (Å²) in [6, 6.07) is 0. The number of amidine groups is 1. The minimum Gasteiger partial charge on any atom is -0.387 e. The van der Waals surface area contributed by atoms with Crippen molar-refractivity contribution in [2.45, 2.75) is 52.6 Å². The Morgan fingerprint density at radius 2 is 2.00 bits per heavy atom. The van der Waals surface area contributed by atoms with Gasteiger partial charge < -0.3 is 10.5 Å². The van der Waals surface area contributed by atoms with Crippen LogP contribution in [0.3, 0.4) is 0 Å². The lowest BCUT2D eigenvalue weighted by Crippen LogP contribution is -2.26. The van der Waals surface area contributed by atoms with Crippen LogP contribution in [0.5, 0.6) is 0 Å². The molecule has 2 N–H and O–H groups in total. The van der Waals surface area contributed by atoms with Gasteiger partial charge in [0.15, 0.2) is 0 Å². The van der Waals surface area contributed by atoms with Crippen LogP contribution in [0.15, 0.2) is 16.8 Å². The van der Waals surface area contributed by atoms with Crippen LogP contribution in [-0.2, 0) is 4.74 Å². The van der Waals surface area contributed by atoms with Crippen molar-refractivity contribution in [3.8, 4) is 0 Å². The van der Waals surface area contributed by atoms with Crippen LogP contribution in [0, 0.1) is 0 Å². The summed E-state index contributed by atoms with van der Waals surface area (Å²) < 4.78 is 5.40. The Morgan fingerprint density at radius 1 is 1.40 bits per heavy atom. The summed E-state index contributed by atoms with van der Waals surface area (Å²) in [4.78, 5) is 4.43. The summed E-state index contributed by atoms with van der Waals surface area (Å²) in [6.45, 7) is 8.17. The summed E-state index contributed by atoms with van der Waals surface area (Å²) in [6.07, 6.45) is 4.85. The van der Waals surface area contributed by atoms with E-state index in [2.05, 4.69) is 24.9 Å². The fraction of sp³-hybridized carbons (Fsp3) is 0.750. The largest absolute Gasteiger partial charge is 0.387 e. The van der Waals surface area contributed by atoms with Crippen molar-refractivity contribution >= 4 is 5.84 Å². The average Bonchev–Trinajstić information content (AvgIpc) is 2.17. The molecule has 15 heavy (non-hydrogen) atoms. The van der Waals surface area contributed by atoms with E-state index in [9.17, 15) is 0 Å². The molecule has 88 valence electrons. The number of aliphatic imine (C=N–C) groups is 1. The van der Waals surface area contributed by atoms with E-state index < -0.39 is 0 Å². The van der Waals surface area contributed by atoms with Gasteiger partial charge in [-0.05, 0) is 26.7 Å². The number of ether oxygens (including phenoxy) is 1. The molecular formula is C12H24N2O. The lowest BCUT2D eigenvalue weighted by Gasteiger charge is -2.24. The van der Waals surface area contributed by atoms with E-state index >= 15 is 0 Å². The molecule has 0 amide bonds. The van der Waals surface area contributed by atoms with Gasteiger partial charge in [0.1, 0.15) is 5.60 Å². The number of nitrogens with two attached hydrogens (primary N) is 1. The van der Waals surface area contributed by atoms with Gasteiger partial charge in [-0.15, -0.1) is 0 Å². The molecule has 0 bridgehead atoms. The van der Waals surface area contributed by atoms with Crippen molar-refractivity contribution in [2.75, 3.05) is 7.11 Å². The van der Waals surface area contributed by atoms with E-state index in [1.54, 1.807) is 7.11 Å². The predicted octanol–water partition coefficient (Wildman–Crippen LogP) is 2.86. The zero-order valence-electron chi connectivity index (χ0n) is 10.6. The Bertz CT molecular complexity index is 242. The molecule has 0 heterocycles. The molecule has 0 aromatic heterocycles. The first kappa shape index (κ1) is 14.2. The molecule has 0 spiro atoms. The summed E-state index contributed by atoms with van der Waals surface area (Å²) in [5.74, 6) is 0.683. The summed E-state index contributed by atoms with van der Waals surface area (Å²) in [5.41, 5.74) is 6.37. The molecule has 0 aliphatic heterocycles. The van der Waals surface area contributed by atoms with Gasteiger partial charge in [0.2, 0.25) is 0 Å². The molecule has 0 radical (unpaired) electrons. The van der Waals surface area contributed by atoms with Gasteiger partial charge in [0.25, 0.3) is 0 Å². The first-order chi connectivity index (χ1) is 6.97. The third-order valence-corrected chi connectivity index (χ3v) is 2.29. The normalized spacial score (nSPS) is 14.5. The van der Waals surface area contributed by atoms with Crippen molar-refractivity contribution in [2.24, 2.45) is 10.7 Å². The Kier molecular flexibility index (Phi) is 6.25. The smallest absolute Gasteiger partial charge is 0.104 e. The molecule has 0 aromatic carbocycles. The molecule has 0 saturated heterocycles. The van der Waals surface area contributed by atoms with Crippen molar-refractivity contribution in [3.63, 3.8) is 0 Å². The summed E-state index contributed by atoms with van der Waals surface area (Å²) in [5, 5.41) is 0. The Labute approximate surface area is 93.4 Å². The molecule has 0 fully saturated rings. The molecule has 3 nitrogen and oxygen atoms in total. The van der Waals surface area contributed by atoms with Gasteiger partial charge in [-0.2, -0.15) is 0 Å². The molecule has 0 unspecified atom stereocenters. The van der Waals surface area contributed by atoms with Crippen LogP contribution >= 0.6 is 0 Å². The fourth-order valence-electron chi connectivity index (χ4n) is 1.19. The van der Waals surface area contributed by atoms with E-state index in [4.69, 9.17) is 10.5 Å². The van der Waals surface area contributed by atoms with Crippen molar-refractivity contribution in [3.05, 3.63) is 11.8 Å². The highest BCUT2D eigenvalue weighted by molar-refractivity contribution is 5.81. The van der Waals surface area contributed by atoms with Crippen LogP contribution in [0.1, 0.15) is 47.0 Å². The molecule has 3 heteroatoms. The highest BCUT2D eigenvalue weighted by Crippen LogP contribution is 2.21. The van der Waals surface area contributed by atoms with Crippen LogP contribution in [0.4, 0.5) is 0 Å². The van der Waals surface area contributed by atoms with E-state index in [-0.39, 0.29) is 5.60 Å². The second-order valence-corrected chi connectivity index (χ2v) is 4.07. The summed E-state index contributed by atoms with van der Waals surface area (Å²) >= 11 is 0. The quantitative estimate of drug-likeness (QED) is 0.543. The maximum atomic E-state index is 5.82. The second-order valence-electron chi connectivity index (χ2n) is 4.07. The Balaban J connectivity index is 4.85. The van der Waals surface area contributed by atoms with Crippen molar-refractivity contribution in [1.29, 1.82) is 0 Å². The molecule has 0 saturated carbocycles. The van der Waals surface area contributed by atoms with E-state index in [0.717, 1.165) is 25.0 Å². The standard InChI is InChI=1S/C12H24N2O/c1-6-8-10(12(3,4)15-5)14-11(13)9-7-2/h8H,6-7,9H2,1-5H3,(H2,13,14)/b10-8+. The Hall–Kier alpha value is -0.830. The number of methoxy groups -OCH3 is 1. The average molecular weight is 212 g/mol. The highest BCUT2D eigenvalue weighted by atomic mass is 16.5. The zero-order chi connectivity index (χ0) is 11.9. The fourth-order valence-corrected chi connectivity index (χ4v) is 1.19. The van der Waals surface area contributed by atoms with E-state index in [1.807, 2.05) is 13.8 Å². The van der Waals surface area contributed by atoms with Crippen LogP contribution < -0.4 is 5.73 Å². The third kappa shape index (κ3) is 4.98. The highest BCUT2D eigenvalue weighted by Gasteiger charge is 2.22. The number of hydrogen-bond donors (Lipinski definition) is 1. The molecular weight excluding hydrogens is 188 g/mol. The Morgan fingerprint density at radius 3 is 2.40 bits per heavy atom. The SMILES string of the molecule is CC/C=C(/N=C(/N)CCC)C(C)(C)OC. The lowest BCUT2D eigenvalue weighted by molar-refractivity contribution is 0.0537. The molecule has 0 aliphatic rings. The lowest BCUT2D eigenvalue weighted by atomic mass is 10.0. The maximum absolute atomic E-state index is 5.82. The monoisotopic (exact) mass is 212 g/mol. The van der Waals surface area contributed by atoms with Crippen molar-refractivity contribution < 1.29 is 4.74 Å². The topological polar surface area (TPSA) is 47.6 Å². The molecule has 0 atom stereocenters. The maximum Gasteiger partial charge on any atom is 0.104 e. The molecule has 0 aliphatic carbocycles. The van der Waals surface area contributed by atoms with Gasteiger partial charge >= 0.3 is 0 Å². The van der Waals surface area contributed by atoms with E-state index in [0.29, 0.717) is 5.84 Å². The number of hydrogen-bond acceptors (Lipinski definition) is 2. The van der Waals surface area contributed by atoms with E-state index in [1.165, 1.54) is 0 Å². The van der Waals surface area contributed by atoms with Gasteiger partial charge in [-0.25, -0.2) is 4.99 Å². The third-order valence-electron chi connectivity index (χ3n) is 2.29. The minimum atomic E-state index is -0.367. The predicted molar refractivity (Wildman–Crippen MR) is 66.0 cm³/mol. The second kappa shape index (κ2) is 6.62. The van der Waals surface area contributed by atoms with Crippen LogP contribution in [0.2, 0.25) is 0 Å². The minimum absolute atomic E-state index is 0.367. The summed E-state index contributed by atoms with van der Waals surface area (Å²) in [7, 11) is 1.69. The number of rotatable bonds is 6. The number of allylic oxidation sites excluding steroid dienone is 1. The zero-order valence-corrected chi connectivity index (χ0v) is 10.6. The van der Waals surface area contributed by atoms with Gasteiger partial charge in [-0.3, -0.25) is 0 Å². The first-order valence-electron chi connectivity index (χ1n) is 5.56. The van der Waals surface area contributed by atoms with Gasteiger partial charge in [-0.1, -0.05) is 19.9 Å². The van der Waals surface area contributed by atoms with Crippen molar-refractivity contribution in [1.82, 2.24) is 0 Å². The number of nitrogens with zero attached hydrogens (tertiary/aromatic N) is 1. The van der Waals surface area contributed by atoms with Gasteiger partial charge in [0.05, 0.1) is 11.5 Å². The molecule has 0 rings (SSSR count). The van der Waals surface area contributed by atoms with Crippen LogP contribution in [0.25, 0.3) is 0 Å². The first-order valence-corrected chi connectivity index (χ1v) is 5.56. The molecule has 0 aromatic rings.